The van der Waals surface area contributed by atoms with Gasteiger partial charge in [0.1, 0.15) is 5.75 Å². The van der Waals surface area contributed by atoms with E-state index in [0.717, 1.165) is 11.3 Å². The number of hydrogen-bond acceptors (Lipinski definition) is 3. The minimum Gasteiger partial charge on any atom is -0.494 e. The second kappa shape index (κ2) is 7.32. The fraction of sp³-hybridized carbons (Fsp3) is 0.278. The van der Waals surface area contributed by atoms with E-state index in [2.05, 4.69) is 32.0 Å². The zero-order valence-electron chi connectivity index (χ0n) is 12.7. The number of Topliss-reactive ketones (excluding diaryl/α,β-unsaturated/α-hetero) is 1. The van der Waals surface area contributed by atoms with Gasteiger partial charge in [0.05, 0.1) is 12.4 Å². The highest BCUT2D eigenvalue weighted by Crippen LogP contribution is 2.24. The molecule has 0 saturated heterocycles. The third kappa shape index (κ3) is 4.36. The van der Waals surface area contributed by atoms with Crippen molar-refractivity contribution >= 4 is 17.5 Å². The number of benzene rings is 2. The molecule has 0 aliphatic rings. The van der Waals surface area contributed by atoms with Crippen molar-refractivity contribution in [1.82, 2.24) is 0 Å². The Morgan fingerprint density at radius 3 is 2.48 bits per heavy atom. The van der Waals surface area contributed by atoms with Crippen LogP contribution in [-0.4, -0.2) is 18.1 Å². The SMILES string of the molecule is CCOc1ccc(C(=O)CSc2cc(C)ccc2C)cc1. The van der Waals surface area contributed by atoms with Crippen LogP contribution in [0.15, 0.2) is 47.4 Å². The van der Waals surface area contributed by atoms with Crippen molar-refractivity contribution in [3.63, 3.8) is 0 Å². The standard InChI is InChI=1S/C18H20O2S/c1-4-20-16-9-7-15(8-10-16)17(19)12-21-18-11-13(2)5-6-14(18)3/h5-11H,4,12H2,1-3H3. The topological polar surface area (TPSA) is 26.3 Å². The predicted molar refractivity (Wildman–Crippen MR) is 88.6 cm³/mol. The first-order valence-corrected chi connectivity index (χ1v) is 8.05. The van der Waals surface area contributed by atoms with Crippen LogP contribution in [0.5, 0.6) is 5.75 Å². The van der Waals surface area contributed by atoms with Gasteiger partial charge >= 0.3 is 0 Å². The highest BCUT2D eigenvalue weighted by Gasteiger charge is 2.08. The highest BCUT2D eigenvalue weighted by molar-refractivity contribution is 8.00. The molecular weight excluding hydrogens is 280 g/mol. The van der Waals surface area contributed by atoms with Crippen molar-refractivity contribution in [1.29, 1.82) is 0 Å². The molecule has 2 nitrogen and oxygen atoms in total. The quantitative estimate of drug-likeness (QED) is 0.572. The Morgan fingerprint density at radius 2 is 1.81 bits per heavy atom. The van der Waals surface area contributed by atoms with Gasteiger partial charge in [0, 0.05) is 10.5 Å². The summed E-state index contributed by atoms with van der Waals surface area (Å²) in [5.41, 5.74) is 3.16. The summed E-state index contributed by atoms with van der Waals surface area (Å²) in [6.45, 7) is 6.72. The Labute approximate surface area is 130 Å². The van der Waals surface area contributed by atoms with E-state index in [1.807, 2.05) is 31.2 Å². The number of aryl methyl sites for hydroxylation is 2. The molecule has 0 radical (unpaired) electrons. The molecule has 0 aliphatic heterocycles. The smallest absolute Gasteiger partial charge is 0.173 e. The van der Waals surface area contributed by atoms with Crippen LogP contribution in [-0.2, 0) is 0 Å². The molecule has 0 N–H and O–H groups in total. The molecule has 110 valence electrons. The number of ether oxygens (including phenoxy) is 1. The van der Waals surface area contributed by atoms with E-state index >= 15 is 0 Å². The van der Waals surface area contributed by atoms with Gasteiger partial charge in [-0.15, -0.1) is 11.8 Å². The lowest BCUT2D eigenvalue weighted by atomic mass is 10.1. The molecule has 21 heavy (non-hydrogen) atoms. The summed E-state index contributed by atoms with van der Waals surface area (Å²) in [5, 5.41) is 0. The Morgan fingerprint density at radius 1 is 1.10 bits per heavy atom. The van der Waals surface area contributed by atoms with E-state index < -0.39 is 0 Å². The van der Waals surface area contributed by atoms with Gasteiger partial charge in [0.25, 0.3) is 0 Å². The molecule has 0 bridgehead atoms. The summed E-state index contributed by atoms with van der Waals surface area (Å²) in [7, 11) is 0. The van der Waals surface area contributed by atoms with Gasteiger partial charge in [-0.2, -0.15) is 0 Å². The first kappa shape index (κ1) is 15.6. The maximum absolute atomic E-state index is 12.2. The Hall–Kier alpha value is -1.74. The molecule has 0 aromatic heterocycles. The zero-order valence-corrected chi connectivity index (χ0v) is 13.5. The largest absolute Gasteiger partial charge is 0.494 e. The van der Waals surface area contributed by atoms with Gasteiger partial charge in [-0.1, -0.05) is 17.7 Å². The highest BCUT2D eigenvalue weighted by atomic mass is 32.2. The molecule has 0 aliphatic carbocycles. The van der Waals surface area contributed by atoms with Crippen LogP contribution in [0.1, 0.15) is 28.4 Å². The molecule has 0 saturated carbocycles. The van der Waals surface area contributed by atoms with E-state index in [4.69, 9.17) is 4.74 Å². The second-order valence-electron chi connectivity index (χ2n) is 4.94. The van der Waals surface area contributed by atoms with E-state index in [1.165, 1.54) is 16.0 Å². The van der Waals surface area contributed by atoms with Crippen molar-refractivity contribution < 1.29 is 9.53 Å². The monoisotopic (exact) mass is 300 g/mol. The van der Waals surface area contributed by atoms with Crippen LogP contribution >= 0.6 is 11.8 Å². The summed E-state index contributed by atoms with van der Waals surface area (Å²) in [6, 6.07) is 13.7. The number of thioether (sulfide) groups is 1. The maximum Gasteiger partial charge on any atom is 0.173 e. The van der Waals surface area contributed by atoms with Crippen LogP contribution in [0.3, 0.4) is 0 Å². The number of carbonyl (C=O) groups excluding carboxylic acids is 1. The van der Waals surface area contributed by atoms with Crippen LogP contribution in [0.4, 0.5) is 0 Å². The summed E-state index contributed by atoms with van der Waals surface area (Å²) in [6.07, 6.45) is 0. The fourth-order valence-electron chi connectivity index (χ4n) is 1.99. The lowest BCUT2D eigenvalue weighted by Crippen LogP contribution is -2.02. The molecule has 0 unspecified atom stereocenters. The normalized spacial score (nSPS) is 10.4. The lowest BCUT2D eigenvalue weighted by molar-refractivity contribution is 0.102. The van der Waals surface area contributed by atoms with Gasteiger partial charge in [-0.05, 0) is 56.7 Å². The molecule has 0 amide bonds. The van der Waals surface area contributed by atoms with E-state index in [0.29, 0.717) is 12.4 Å². The summed E-state index contributed by atoms with van der Waals surface area (Å²) >= 11 is 1.60. The van der Waals surface area contributed by atoms with Crippen LogP contribution in [0, 0.1) is 13.8 Å². The number of hydrogen-bond donors (Lipinski definition) is 0. The third-order valence-electron chi connectivity index (χ3n) is 3.19. The molecular formula is C18H20O2S. The van der Waals surface area contributed by atoms with Gasteiger partial charge in [0.2, 0.25) is 0 Å². The van der Waals surface area contributed by atoms with Crippen molar-refractivity contribution in [2.24, 2.45) is 0 Å². The summed E-state index contributed by atoms with van der Waals surface area (Å²) in [5.74, 6) is 1.40. The Balaban J connectivity index is 1.99. The minimum atomic E-state index is 0.143. The number of carbonyl (C=O) groups is 1. The molecule has 2 aromatic carbocycles. The van der Waals surface area contributed by atoms with Crippen LogP contribution in [0.2, 0.25) is 0 Å². The molecule has 0 spiro atoms. The lowest BCUT2D eigenvalue weighted by Gasteiger charge is -2.07. The first-order valence-electron chi connectivity index (χ1n) is 7.06. The number of rotatable bonds is 6. The molecule has 2 aromatic rings. The van der Waals surface area contributed by atoms with Crippen molar-refractivity contribution in [2.45, 2.75) is 25.7 Å². The van der Waals surface area contributed by atoms with Gasteiger partial charge < -0.3 is 4.74 Å². The van der Waals surface area contributed by atoms with E-state index in [1.54, 1.807) is 11.8 Å². The van der Waals surface area contributed by atoms with Crippen molar-refractivity contribution in [3.05, 3.63) is 59.2 Å². The third-order valence-corrected chi connectivity index (χ3v) is 4.35. The fourth-order valence-corrected chi connectivity index (χ4v) is 3.01. The summed E-state index contributed by atoms with van der Waals surface area (Å²) < 4.78 is 5.38. The maximum atomic E-state index is 12.2. The predicted octanol–water partition coefficient (Wildman–Crippen LogP) is 4.68. The zero-order chi connectivity index (χ0) is 15.2. The minimum absolute atomic E-state index is 0.143. The molecule has 0 fully saturated rings. The van der Waals surface area contributed by atoms with E-state index in [9.17, 15) is 4.79 Å². The molecule has 0 heterocycles. The second-order valence-corrected chi connectivity index (χ2v) is 5.96. The van der Waals surface area contributed by atoms with E-state index in [-0.39, 0.29) is 5.78 Å². The van der Waals surface area contributed by atoms with Gasteiger partial charge in [0.15, 0.2) is 5.78 Å². The first-order chi connectivity index (χ1) is 10.1. The molecule has 0 atom stereocenters. The molecule has 2 rings (SSSR count). The van der Waals surface area contributed by atoms with Crippen molar-refractivity contribution in [3.8, 4) is 5.75 Å². The van der Waals surface area contributed by atoms with Crippen LogP contribution in [0.25, 0.3) is 0 Å². The number of ketones is 1. The average Bonchev–Trinajstić information content (AvgIpc) is 2.49. The van der Waals surface area contributed by atoms with Crippen LogP contribution < -0.4 is 4.74 Å². The van der Waals surface area contributed by atoms with Crippen molar-refractivity contribution in [2.75, 3.05) is 12.4 Å². The summed E-state index contributed by atoms with van der Waals surface area (Å²) in [4.78, 5) is 13.4. The average molecular weight is 300 g/mol. The van der Waals surface area contributed by atoms with Gasteiger partial charge in [-0.25, -0.2) is 0 Å². The Kier molecular flexibility index (Phi) is 5.45. The Bertz CT molecular complexity index is 618. The molecule has 3 heteroatoms. The van der Waals surface area contributed by atoms with Gasteiger partial charge in [-0.3, -0.25) is 4.79 Å².